The lowest BCUT2D eigenvalue weighted by molar-refractivity contribution is -0.118. The standard InChI is InChI=1S/C12H14N4O3.H2O/c1-16-7-10(17)14-11(16)15-12(18)13-8-4-3-5-9(6-8)19-2;/h3-6H,7H2,1-2H3,(H2,13,14,15,17,18);1H2. The number of carbonyl (C=O) groups excluding carboxylic acids is 2. The van der Waals surface area contributed by atoms with Gasteiger partial charge in [-0.2, -0.15) is 4.99 Å². The van der Waals surface area contributed by atoms with Crippen molar-refractivity contribution in [2.45, 2.75) is 0 Å². The van der Waals surface area contributed by atoms with Crippen LogP contribution in [0, 0.1) is 0 Å². The third-order valence-corrected chi connectivity index (χ3v) is 2.52. The minimum absolute atomic E-state index is 0. The molecule has 0 unspecified atom stereocenters. The van der Waals surface area contributed by atoms with Gasteiger partial charge in [0.05, 0.1) is 13.7 Å². The van der Waals surface area contributed by atoms with E-state index in [-0.39, 0.29) is 23.9 Å². The SMILES string of the molecule is COc1cccc(NC(=O)N=C2NC(=O)CN2C)c1.O. The molecule has 4 N–H and O–H groups in total. The largest absolute Gasteiger partial charge is 0.497 e. The van der Waals surface area contributed by atoms with Gasteiger partial charge >= 0.3 is 6.03 Å². The van der Waals surface area contributed by atoms with Crippen LogP contribution in [0.25, 0.3) is 0 Å². The van der Waals surface area contributed by atoms with Gasteiger partial charge in [0, 0.05) is 18.8 Å². The quantitative estimate of drug-likeness (QED) is 0.781. The molecule has 0 spiro atoms. The van der Waals surface area contributed by atoms with E-state index < -0.39 is 6.03 Å². The van der Waals surface area contributed by atoms with Gasteiger partial charge in [0.25, 0.3) is 0 Å². The molecule has 0 saturated carbocycles. The fourth-order valence-corrected chi connectivity index (χ4v) is 1.61. The first-order chi connectivity index (χ1) is 9.08. The Morgan fingerprint density at radius 1 is 1.50 bits per heavy atom. The molecule has 1 aromatic rings. The van der Waals surface area contributed by atoms with E-state index in [9.17, 15) is 9.59 Å². The van der Waals surface area contributed by atoms with Crippen molar-refractivity contribution < 1.29 is 19.8 Å². The van der Waals surface area contributed by atoms with Gasteiger partial charge in [-0.3, -0.25) is 10.1 Å². The molecule has 1 aliphatic heterocycles. The third kappa shape index (κ3) is 3.69. The highest BCUT2D eigenvalue weighted by Gasteiger charge is 2.22. The zero-order valence-electron chi connectivity index (χ0n) is 11.1. The van der Waals surface area contributed by atoms with Crippen molar-refractivity contribution in [3.63, 3.8) is 0 Å². The number of nitrogens with zero attached hydrogens (tertiary/aromatic N) is 2. The molecular weight excluding hydrogens is 264 g/mol. The lowest BCUT2D eigenvalue weighted by Gasteiger charge is -2.08. The van der Waals surface area contributed by atoms with E-state index in [1.807, 2.05) is 0 Å². The minimum atomic E-state index is -0.558. The number of benzene rings is 1. The number of aliphatic imine (C=N–C) groups is 1. The van der Waals surface area contributed by atoms with E-state index in [0.29, 0.717) is 11.4 Å². The number of likely N-dealkylation sites (N-methyl/N-ethyl adjacent to an activating group) is 1. The summed E-state index contributed by atoms with van der Waals surface area (Å²) in [6.07, 6.45) is 0. The number of hydrogen-bond donors (Lipinski definition) is 2. The maximum absolute atomic E-state index is 11.7. The van der Waals surface area contributed by atoms with Crippen molar-refractivity contribution in [3.8, 4) is 5.75 Å². The summed E-state index contributed by atoms with van der Waals surface area (Å²) < 4.78 is 5.05. The molecule has 1 fully saturated rings. The summed E-state index contributed by atoms with van der Waals surface area (Å²) in [4.78, 5) is 28.1. The number of methoxy groups -OCH3 is 1. The number of guanidine groups is 1. The van der Waals surface area contributed by atoms with Crippen LogP contribution in [0.4, 0.5) is 10.5 Å². The molecule has 108 valence electrons. The smallest absolute Gasteiger partial charge is 0.348 e. The summed E-state index contributed by atoms with van der Waals surface area (Å²) in [5.74, 6) is 0.692. The lowest BCUT2D eigenvalue weighted by atomic mass is 10.3. The summed E-state index contributed by atoms with van der Waals surface area (Å²) in [7, 11) is 3.22. The van der Waals surface area contributed by atoms with Gasteiger partial charge in [-0.05, 0) is 12.1 Å². The zero-order valence-corrected chi connectivity index (χ0v) is 11.1. The molecule has 20 heavy (non-hydrogen) atoms. The van der Waals surface area contributed by atoms with Crippen LogP contribution in [0.15, 0.2) is 29.3 Å². The molecule has 0 aliphatic carbocycles. The van der Waals surface area contributed by atoms with Crippen molar-refractivity contribution in [2.24, 2.45) is 4.99 Å². The number of ether oxygens (including phenoxy) is 1. The van der Waals surface area contributed by atoms with Gasteiger partial charge in [-0.15, -0.1) is 0 Å². The van der Waals surface area contributed by atoms with E-state index in [2.05, 4.69) is 15.6 Å². The van der Waals surface area contributed by atoms with Crippen LogP contribution in [0.2, 0.25) is 0 Å². The maximum atomic E-state index is 11.7. The number of anilines is 1. The molecule has 8 nitrogen and oxygen atoms in total. The fraction of sp³-hybridized carbons (Fsp3) is 0.250. The third-order valence-electron chi connectivity index (χ3n) is 2.52. The van der Waals surface area contributed by atoms with E-state index in [1.54, 1.807) is 43.3 Å². The summed E-state index contributed by atoms with van der Waals surface area (Å²) >= 11 is 0. The molecule has 8 heteroatoms. The highest BCUT2D eigenvalue weighted by Crippen LogP contribution is 2.16. The number of urea groups is 1. The van der Waals surface area contributed by atoms with Crippen molar-refractivity contribution in [1.82, 2.24) is 10.2 Å². The van der Waals surface area contributed by atoms with Gasteiger partial charge in [0.1, 0.15) is 5.75 Å². The van der Waals surface area contributed by atoms with Crippen LogP contribution in [0.1, 0.15) is 0 Å². The van der Waals surface area contributed by atoms with Crippen LogP contribution >= 0.6 is 0 Å². The maximum Gasteiger partial charge on any atom is 0.348 e. The van der Waals surface area contributed by atoms with Gasteiger partial charge in [-0.1, -0.05) is 6.07 Å². The first-order valence-corrected chi connectivity index (χ1v) is 5.63. The Morgan fingerprint density at radius 3 is 2.85 bits per heavy atom. The second-order valence-electron chi connectivity index (χ2n) is 4.00. The molecule has 1 heterocycles. The molecule has 0 atom stereocenters. The molecule has 1 aromatic carbocycles. The first kappa shape index (κ1) is 15.4. The van der Waals surface area contributed by atoms with E-state index in [4.69, 9.17) is 4.74 Å². The van der Waals surface area contributed by atoms with Crippen molar-refractivity contribution in [2.75, 3.05) is 26.0 Å². The van der Waals surface area contributed by atoms with Crippen molar-refractivity contribution in [1.29, 1.82) is 0 Å². The molecule has 0 bridgehead atoms. The monoisotopic (exact) mass is 280 g/mol. The Morgan fingerprint density at radius 2 is 2.25 bits per heavy atom. The second kappa shape index (κ2) is 6.53. The van der Waals surface area contributed by atoms with Crippen LogP contribution in [-0.4, -0.2) is 49.0 Å². The number of hydrogen-bond acceptors (Lipinski definition) is 3. The highest BCUT2D eigenvalue weighted by molar-refractivity contribution is 6.09. The predicted molar refractivity (Wildman–Crippen MR) is 73.8 cm³/mol. The number of amides is 3. The fourth-order valence-electron chi connectivity index (χ4n) is 1.61. The number of nitrogens with one attached hydrogen (secondary N) is 2. The molecule has 0 aromatic heterocycles. The Hall–Kier alpha value is -2.61. The van der Waals surface area contributed by atoms with Crippen LogP contribution < -0.4 is 15.4 Å². The first-order valence-electron chi connectivity index (χ1n) is 5.63. The molecular formula is C12H16N4O4. The van der Waals surface area contributed by atoms with Gasteiger partial charge in [0.2, 0.25) is 11.9 Å². The zero-order chi connectivity index (χ0) is 13.8. The average Bonchev–Trinajstić information content (AvgIpc) is 2.68. The van der Waals surface area contributed by atoms with Crippen molar-refractivity contribution in [3.05, 3.63) is 24.3 Å². The van der Waals surface area contributed by atoms with Gasteiger partial charge in [0.15, 0.2) is 0 Å². The summed E-state index contributed by atoms with van der Waals surface area (Å²) in [5.41, 5.74) is 0.570. The predicted octanol–water partition coefficient (Wildman–Crippen LogP) is -0.180. The molecule has 1 saturated heterocycles. The molecule has 1 aliphatic rings. The van der Waals surface area contributed by atoms with E-state index in [0.717, 1.165) is 0 Å². The normalized spacial score (nSPS) is 15.6. The summed E-state index contributed by atoms with van der Waals surface area (Å²) in [6.45, 7) is 0.200. The Balaban J connectivity index is 0.00000200. The summed E-state index contributed by atoms with van der Waals surface area (Å²) in [6, 6.07) is 6.36. The van der Waals surface area contributed by atoms with Gasteiger partial charge in [-0.25, -0.2) is 4.79 Å². The molecule has 0 radical (unpaired) electrons. The molecule has 3 amide bonds. The van der Waals surface area contributed by atoms with E-state index in [1.165, 1.54) is 0 Å². The average molecular weight is 280 g/mol. The highest BCUT2D eigenvalue weighted by atomic mass is 16.5. The summed E-state index contributed by atoms with van der Waals surface area (Å²) in [5, 5.41) is 5.09. The van der Waals surface area contributed by atoms with Crippen LogP contribution in [0.3, 0.4) is 0 Å². The van der Waals surface area contributed by atoms with E-state index >= 15 is 0 Å². The van der Waals surface area contributed by atoms with Gasteiger partial charge < -0.3 is 20.4 Å². The number of carbonyl (C=O) groups is 2. The van der Waals surface area contributed by atoms with Crippen LogP contribution in [0.5, 0.6) is 5.75 Å². The second-order valence-corrected chi connectivity index (χ2v) is 4.00. The topological polar surface area (TPSA) is 115 Å². The van der Waals surface area contributed by atoms with Crippen LogP contribution in [-0.2, 0) is 4.79 Å². The lowest BCUT2D eigenvalue weighted by Crippen LogP contribution is -2.29. The minimum Gasteiger partial charge on any atom is -0.497 e. The Bertz CT molecular complexity index is 544. The Labute approximate surface area is 115 Å². The number of rotatable bonds is 2. The Kier molecular flexibility index (Phi) is 5.04. The molecule has 2 rings (SSSR count). The van der Waals surface area contributed by atoms with Crippen molar-refractivity contribution >= 4 is 23.6 Å².